The van der Waals surface area contributed by atoms with E-state index >= 15 is 0 Å². The Labute approximate surface area is 119 Å². The van der Waals surface area contributed by atoms with Crippen LogP contribution in [0, 0.1) is 0 Å². The van der Waals surface area contributed by atoms with Crippen LogP contribution in [0.1, 0.15) is 4.88 Å². The van der Waals surface area contributed by atoms with Crippen LogP contribution in [0.5, 0.6) is 11.5 Å². The summed E-state index contributed by atoms with van der Waals surface area (Å²) in [5.41, 5.74) is 0.716. The van der Waals surface area contributed by atoms with Gasteiger partial charge in [0.2, 0.25) is 0 Å². The fourth-order valence-corrected chi connectivity index (χ4v) is 2.62. The standard InChI is InChI=1S/C13H14F2N2O2S/c1-16-6-9-7-17-12(20-9)8-3-4-10(18-2)11(5-8)19-13(14)15/h3-5,7,13,16H,6H2,1-2H3. The van der Waals surface area contributed by atoms with Gasteiger partial charge in [-0.05, 0) is 25.2 Å². The van der Waals surface area contributed by atoms with Crippen LogP contribution in [0.4, 0.5) is 8.78 Å². The average Bonchev–Trinajstić information content (AvgIpc) is 2.87. The Hall–Kier alpha value is -1.73. The highest BCUT2D eigenvalue weighted by molar-refractivity contribution is 7.15. The van der Waals surface area contributed by atoms with Crippen LogP contribution < -0.4 is 14.8 Å². The molecule has 0 spiro atoms. The maximum atomic E-state index is 12.4. The number of benzene rings is 1. The van der Waals surface area contributed by atoms with Gasteiger partial charge in [-0.2, -0.15) is 8.78 Å². The maximum Gasteiger partial charge on any atom is 0.387 e. The van der Waals surface area contributed by atoms with Crippen LogP contribution in [-0.2, 0) is 6.54 Å². The number of hydrogen-bond acceptors (Lipinski definition) is 5. The summed E-state index contributed by atoms with van der Waals surface area (Å²) in [5, 5.41) is 3.78. The molecule has 1 aromatic heterocycles. The largest absolute Gasteiger partial charge is 0.493 e. The zero-order chi connectivity index (χ0) is 14.5. The van der Waals surface area contributed by atoms with Crippen LogP contribution >= 0.6 is 11.3 Å². The molecular weight excluding hydrogens is 286 g/mol. The molecule has 7 heteroatoms. The van der Waals surface area contributed by atoms with Crippen molar-refractivity contribution in [3.05, 3.63) is 29.3 Å². The minimum Gasteiger partial charge on any atom is -0.493 e. The minimum atomic E-state index is -2.89. The molecule has 0 aliphatic rings. The van der Waals surface area contributed by atoms with Crippen LogP contribution in [0.15, 0.2) is 24.4 Å². The predicted octanol–water partition coefficient (Wildman–Crippen LogP) is 3.14. The molecule has 1 heterocycles. The molecule has 0 fully saturated rings. The molecule has 4 nitrogen and oxygen atoms in total. The van der Waals surface area contributed by atoms with Gasteiger partial charge in [0, 0.05) is 23.2 Å². The average molecular weight is 300 g/mol. The topological polar surface area (TPSA) is 43.4 Å². The zero-order valence-electron chi connectivity index (χ0n) is 11.0. The first-order chi connectivity index (χ1) is 9.63. The van der Waals surface area contributed by atoms with Crippen LogP contribution in [0.2, 0.25) is 0 Å². The first-order valence-corrected chi connectivity index (χ1v) is 6.68. The normalized spacial score (nSPS) is 10.8. The molecule has 0 atom stereocenters. The number of ether oxygens (including phenoxy) is 2. The Balaban J connectivity index is 2.31. The van der Waals surface area contributed by atoms with E-state index < -0.39 is 6.61 Å². The lowest BCUT2D eigenvalue weighted by atomic mass is 10.2. The van der Waals surface area contributed by atoms with E-state index in [9.17, 15) is 8.78 Å². The van der Waals surface area contributed by atoms with Crippen molar-refractivity contribution in [2.75, 3.05) is 14.2 Å². The Morgan fingerprint density at radius 3 is 2.80 bits per heavy atom. The molecule has 20 heavy (non-hydrogen) atoms. The number of nitrogens with one attached hydrogen (secondary N) is 1. The van der Waals surface area contributed by atoms with Gasteiger partial charge in [0.05, 0.1) is 7.11 Å². The zero-order valence-corrected chi connectivity index (χ0v) is 11.8. The molecule has 1 aromatic carbocycles. The van der Waals surface area contributed by atoms with Crippen molar-refractivity contribution >= 4 is 11.3 Å². The van der Waals surface area contributed by atoms with E-state index in [-0.39, 0.29) is 11.5 Å². The summed E-state index contributed by atoms with van der Waals surface area (Å²) in [6.07, 6.45) is 1.76. The van der Waals surface area contributed by atoms with E-state index in [1.165, 1.54) is 24.5 Å². The van der Waals surface area contributed by atoms with Crippen LogP contribution in [0.25, 0.3) is 10.6 Å². The summed E-state index contributed by atoms with van der Waals surface area (Å²) in [4.78, 5) is 5.34. The third-order valence-electron chi connectivity index (χ3n) is 2.53. The highest BCUT2D eigenvalue weighted by atomic mass is 32.1. The fraction of sp³-hybridized carbons (Fsp3) is 0.308. The van der Waals surface area contributed by atoms with Crippen molar-refractivity contribution in [1.82, 2.24) is 10.3 Å². The first-order valence-electron chi connectivity index (χ1n) is 5.86. The molecule has 0 amide bonds. The number of halogens is 2. The lowest BCUT2D eigenvalue weighted by Crippen LogP contribution is -2.03. The number of hydrogen-bond donors (Lipinski definition) is 1. The third kappa shape index (κ3) is 3.43. The number of rotatable bonds is 6. The predicted molar refractivity (Wildman–Crippen MR) is 73.5 cm³/mol. The van der Waals surface area contributed by atoms with Gasteiger partial charge < -0.3 is 14.8 Å². The van der Waals surface area contributed by atoms with E-state index in [2.05, 4.69) is 15.0 Å². The van der Waals surface area contributed by atoms with Gasteiger partial charge in [-0.3, -0.25) is 0 Å². The smallest absolute Gasteiger partial charge is 0.387 e. The summed E-state index contributed by atoms with van der Waals surface area (Å²) in [5.74, 6) is 0.270. The maximum absolute atomic E-state index is 12.4. The molecular formula is C13H14F2N2O2S. The molecule has 0 aliphatic heterocycles. The quantitative estimate of drug-likeness (QED) is 0.890. The first kappa shape index (κ1) is 14.7. The highest BCUT2D eigenvalue weighted by Crippen LogP contribution is 2.34. The fourth-order valence-electron chi connectivity index (χ4n) is 1.69. The molecule has 2 rings (SSSR count). The van der Waals surface area contributed by atoms with E-state index in [1.54, 1.807) is 18.3 Å². The van der Waals surface area contributed by atoms with Gasteiger partial charge in [0.1, 0.15) is 5.01 Å². The van der Waals surface area contributed by atoms with Crippen molar-refractivity contribution in [2.24, 2.45) is 0 Å². The van der Waals surface area contributed by atoms with E-state index in [0.717, 1.165) is 9.88 Å². The van der Waals surface area contributed by atoms with Crippen molar-refractivity contribution in [2.45, 2.75) is 13.2 Å². The molecule has 2 aromatic rings. The van der Waals surface area contributed by atoms with Gasteiger partial charge in [0.15, 0.2) is 11.5 Å². The van der Waals surface area contributed by atoms with Crippen molar-refractivity contribution in [3.8, 4) is 22.1 Å². The van der Waals surface area contributed by atoms with Gasteiger partial charge in [-0.1, -0.05) is 0 Å². The van der Waals surface area contributed by atoms with E-state index in [1.807, 2.05) is 7.05 Å². The second-order valence-corrected chi connectivity index (χ2v) is 5.02. The second-order valence-electron chi connectivity index (χ2n) is 3.91. The summed E-state index contributed by atoms with van der Waals surface area (Å²) in [6.45, 7) is -2.18. The summed E-state index contributed by atoms with van der Waals surface area (Å²) >= 11 is 1.49. The van der Waals surface area contributed by atoms with E-state index in [4.69, 9.17) is 4.74 Å². The Bertz CT molecular complexity index is 575. The van der Waals surface area contributed by atoms with Gasteiger partial charge in [-0.25, -0.2) is 4.98 Å². The van der Waals surface area contributed by atoms with Gasteiger partial charge in [-0.15, -0.1) is 11.3 Å². The van der Waals surface area contributed by atoms with Crippen molar-refractivity contribution in [1.29, 1.82) is 0 Å². The van der Waals surface area contributed by atoms with Crippen LogP contribution in [-0.4, -0.2) is 25.8 Å². The summed E-state index contributed by atoms with van der Waals surface area (Å²) in [6, 6.07) is 4.86. The number of nitrogens with zero attached hydrogens (tertiary/aromatic N) is 1. The lowest BCUT2D eigenvalue weighted by molar-refractivity contribution is -0.0511. The Morgan fingerprint density at radius 1 is 1.35 bits per heavy atom. The number of methoxy groups -OCH3 is 1. The number of aromatic nitrogens is 1. The summed E-state index contributed by atoms with van der Waals surface area (Å²) < 4.78 is 34.2. The molecule has 0 saturated heterocycles. The highest BCUT2D eigenvalue weighted by Gasteiger charge is 2.13. The Morgan fingerprint density at radius 2 is 2.15 bits per heavy atom. The number of alkyl halides is 2. The third-order valence-corrected chi connectivity index (χ3v) is 3.58. The molecule has 0 aliphatic carbocycles. The summed E-state index contributed by atoms with van der Waals surface area (Å²) in [7, 11) is 3.25. The SMILES string of the molecule is CNCc1cnc(-c2ccc(OC)c(OC(F)F)c2)s1. The van der Waals surface area contributed by atoms with Crippen molar-refractivity contribution < 1.29 is 18.3 Å². The van der Waals surface area contributed by atoms with Gasteiger partial charge >= 0.3 is 6.61 Å². The van der Waals surface area contributed by atoms with Crippen LogP contribution in [0.3, 0.4) is 0 Å². The lowest BCUT2D eigenvalue weighted by Gasteiger charge is -2.10. The molecule has 0 saturated carbocycles. The second kappa shape index (κ2) is 6.62. The monoisotopic (exact) mass is 300 g/mol. The molecule has 0 radical (unpaired) electrons. The molecule has 1 N–H and O–H groups in total. The van der Waals surface area contributed by atoms with Crippen molar-refractivity contribution in [3.63, 3.8) is 0 Å². The molecule has 108 valence electrons. The van der Waals surface area contributed by atoms with Gasteiger partial charge in [0.25, 0.3) is 0 Å². The number of thiazole rings is 1. The minimum absolute atomic E-state index is 0.00497. The van der Waals surface area contributed by atoms with E-state index in [0.29, 0.717) is 12.1 Å². The molecule has 0 unspecified atom stereocenters. The molecule has 0 bridgehead atoms. The Kier molecular flexibility index (Phi) is 4.86.